The number of methoxy groups -OCH3 is 3. The van der Waals surface area contributed by atoms with Gasteiger partial charge in [-0.1, -0.05) is 0 Å². The largest absolute Gasteiger partial charge is 0.468 e. The molecule has 0 rings (SSSR count). The number of Topliss-reactive ketones (excluding diaryl/α,β-unsaturated/α-hetero) is 3. The summed E-state index contributed by atoms with van der Waals surface area (Å²) >= 11 is 0. The fourth-order valence-electron chi connectivity index (χ4n) is 1.73. The van der Waals surface area contributed by atoms with Crippen LogP contribution >= 0.6 is 0 Å². The van der Waals surface area contributed by atoms with Gasteiger partial charge in [0.15, 0.2) is 11.2 Å². The normalized spacial score (nSPS) is 13.3. The summed E-state index contributed by atoms with van der Waals surface area (Å²) in [5.41, 5.74) is -5.14. The standard InChI is InChI=1S/C14H18O9/c1-7(15)13(2,10(18)21-4)8(16)9(17)14(3,11(19)22-5)12(20)23-6/h1-6H3. The molecule has 0 heterocycles. The van der Waals surface area contributed by atoms with E-state index in [4.69, 9.17) is 0 Å². The Balaban J connectivity index is 6.19. The first-order valence-corrected chi connectivity index (χ1v) is 6.31. The van der Waals surface area contributed by atoms with Crippen molar-refractivity contribution in [3.05, 3.63) is 0 Å². The van der Waals surface area contributed by atoms with Crippen molar-refractivity contribution in [3.8, 4) is 0 Å². The molecule has 0 saturated heterocycles. The first-order valence-electron chi connectivity index (χ1n) is 6.31. The van der Waals surface area contributed by atoms with Crippen LogP contribution in [-0.2, 0) is 43.0 Å². The van der Waals surface area contributed by atoms with Crippen LogP contribution in [-0.4, -0.2) is 56.6 Å². The molecule has 0 amide bonds. The number of carbonyl (C=O) groups excluding carboxylic acids is 6. The zero-order valence-electron chi connectivity index (χ0n) is 13.7. The smallest absolute Gasteiger partial charge is 0.331 e. The highest BCUT2D eigenvalue weighted by atomic mass is 16.5. The molecule has 23 heavy (non-hydrogen) atoms. The van der Waals surface area contributed by atoms with Crippen LogP contribution in [0.25, 0.3) is 0 Å². The second kappa shape index (κ2) is 7.12. The number of carbonyl (C=O) groups is 6. The van der Waals surface area contributed by atoms with Gasteiger partial charge in [0.05, 0.1) is 21.3 Å². The third kappa shape index (κ3) is 3.13. The zero-order valence-corrected chi connectivity index (χ0v) is 13.7. The van der Waals surface area contributed by atoms with E-state index < -0.39 is 46.1 Å². The third-order valence-corrected chi connectivity index (χ3v) is 3.60. The van der Waals surface area contributed by atoms with Gasteiger partial charge in [0, 0.05) is 0 Å². The Kier molecular flexibility index (Phi) is 6.32. The highest BCUT2D eigenvalue weighted by molar-refractivity contribution is 6.54. The molecule has 0 saturated carbocycles. The Hall–Kier alpha value is -2.58. The van der Waals surface area contributed by atoms with Crippen molar-refractivity contribution < 1.29 is 43.0 Å². The molecule has 0 aliphatic rings. The average Bonchev–Trinajstić information content (AvgIpc) is 2.55. The van der Waals surface area contributed by atoms with Gasteiger partial charge < -0.3 is 14.2 Å². The Morgan fingerprint density at radius 3 is 1.13 bits per heavy atom. The second-order valence-electron chi connectivity index (χ2n) is 4.94. The number of ether oxygens (including phenoxy) is 3. The molecule has 1 unspecified atom stereocenters. The van der Waals surface area contributed by atoms with Crippen molar-refractivity contribution in [2.24, 2.45) is 10.8 Å². The monoisotopic (exact) mass is 330 g/mol. The summed E-state index contributed by atoms with van der Waals surface area (Å²) in [6, 6.07) is 0. The van der Waals surface area contributed by atoms with Crippen LogP contribution in [0.3, 0.4) is 0 Å². The van der Waals surface area contributed by atoms with Gasteiger partial charge in [-0.3, -0.25) is 28.8 Å². The molecule has 0 spiro atoms. The molecule has 0 radical (unpaired) electrons. The Labute approximate surface area is 132 Å². The maximum Gasteiger partial charge on any atom is 0.331 e. The molecule has 9 heteroatoms. The van der Waals surface area contributed by atoms with E-state index in [1.54, 1.807) is 0 Å². The first-order chi connectivity index (χ1) is 10.5. The molecular formula is C14H18O9. The SMILES string of the molecule is COC(=O)C(C)(C(C)=O)C(=O)C(=O)C(C)(C(=O)OC)C(=O)OC. The maximum atomic E-state index is 12.4. The molecule has 0 aliphatic heterocycles. The lowest BCUT2D eigenvalue weighted by Gasteiger charge is -2.26. The van der Waals surface area contributed by atoms with E-state index in [1.165, 1.54) is 0 Å². The van der Waals surface area contributed by atoms with E-state index >= 15 is 0 Å². The predicted molar refractivity (Wildman–Crippen MR) is 73.0 cm³/mol. The van der Waals surface area contributed by atoms with Crippen molar-refractivity contribution in [3.63, 3.8) is 0 Å². The summed E-state index contributed by atoms with van der Waals surface area (Å²) < 4.78 is 13.1. The van der Waals surface area contributed by atoms with Crippen molar-refractivity contribution in [2.75, 3.05) is 21.3 Å². The van der Waals surface area contributed by atoms with Crippen LogP contribution in [0.4, 0.5) is 0 Å². The lowest BCUT2D eigenvalue weighted by Crippen LogP contribution is -2.55. The molecule has 1 atom stereocenters. The number of hydrogen-bond donors (Lipinski definition) is 0. The van der Waals surface area contributed by atoms with Crippen LogP contribution in [0.15, 0.2) is 0 Å². The fraction of sp³-hybridized carbons (Fsp3) is 0.571. The van der Waals surface area contributed by atoms with Crippen molar-refractivity contribution in [1.82, 2.24) is 0 Å². The van der Waals surface area contributed by atoms with E-state index in [0.717, 1.165) is 42.1 Å². The van der Waals surface area contributed by atoms with Gasteiger partial charge >= 0.3 is 17.9 Å². The van der Waals surface area contributed by atoms with Gasteiger partial charge in [-0.25, -0.2) is 0 Å². The summed E-state index contributed by atoms with van der Waals surface area (Å²) in [7, 11) is 2.71. The van der Waals surface area contributed by atoms with Crippen molar-refractivity contribution in [2.45, 2.75) is 20.8 Å². The lowest BCUT2D eigenvalue weighted by molar-refractivity contribution is -0.176. The summed E-state index contributed by atoms with van der Waals surface area (Å²) in [4.78, 5) is 72.0. The minimum absolute atomic E-state index is 0.808. The van der Waals surface area contributed by atoms with Gasteiger partial charge in [-0.05, 0) is 20.8 Å². The van der Waals surface area contributed by atoms with E-state index in [2.05, 4.69) is 14.2 Å². The van der Waals surface area contributed by atoms with E-state index in [0.29, 0.717) is 0 Å². The molecule has 128 valence electrons. The summed E-state index contributed by atoms with van der Waals surface area (Å²) in [5.74, 6) is -8.19. The second-order valence-corrected chi connectivity index (χ2v) is 4.94. The summed E-state index contributed by atoms with van der Waals surface area (Å²) in [6.45, 7) is 2.58. The van der Waals surface area contributed by atoms with Crippen molar-refractivity contribution in [1.29, 1.82) is 0 Å². The number of ketones is 3. The van der Waals surface area contributed by atoms with Gasteiger partial charge in [0.25, 0.3) is 0 Å². The molecule has 0 aromatic heterocycles. The summed E-state index contributed by atoms with van der Waals surface area (Å²) in [5, 5.41) is 0. The minimum Gasteiger partial charge on any atom is -0.468 e. The molecule has 0 fully saturated rings. The highest BCUT2D eigenvalue weighted by Crippen LogP contribution is 2.30. The number of hydrogen-bond acceptors (Lipinski definition) is 9. The first kappa shape index (κ1) is 20.4. The van der Waals surface area contributed by atoms with Crippen LogP contribution in [0, 0.1) is 10.8 Å². The molecule has 0 bridgehead atoms. The zero-order chi connectivity index (χ0) is 18.6. The Bertz CT molecular complexity index is 559. The van der Waals surface area contributed by atoms with Gasteiger partial charge in [-0.15, -0.1) is 0 Å². The molecule has 0 aromatic rings. The lowest BCUT2D eigenvalue weighted by atomic mass is 9.73. The molecule has 0 aliphatic carbocycles. The van der Waals surface area contributed by atoms with E-state index in [1.807, 2.05) is 0 Å². The van der Waals surface area contributed by atoms with Gasteiger partial charge in [0.2, 0.25) is 17.0 Å². The molecule has 0 N–H and O–H groups in total. The highest BCUT2D eigenvalue weighted by Gasteiger charge is 2.60. The van der Waals surface area contributed by atoms with Crippen LogP contribution in [0.5, 0.6) is 0 Å². The topological polar surface area (TPSA) is 130 Å². The quantitative estimate of drug-likeness (QED) is 0.256. The maximum absolute atomic E-state index is 12.4. The van der Waals surface area contributed by atoms with E-state index in [-0.39, 0.29) is 0 Å². The van der Waals surface area contributed by atoms with Crippen LogP contribution < -0.4 is 0 Å². The Morgan fingerprint density at radius 2 is 0.870 bits per heavy atom. The van der Waals surface area contributed by atoms with E-state index in [9.17, 15) is 28.8 Å². The number of rotatable bonds is 7. The van der Waals surface area contributed by atoms with Crippen LogP contribution in [0.1, 0.15) is 20.8 Å². The molecule has 0 aromatic carbocycles. The fourth-order valence-corrected chi connectivity index (χ4v) is 1.73. The minimum atomic E-state index is -2.65. The van der Waals surface area contributed by atoms with Crippen LogP contribution in [0.2, 0.25) is 0 Å². The Morgan fingerprint density at radius 1 is 0.609 bits per heavy atom. The molecule has 9 nitrogen and oxygen atoms in total. The summed E-state index contributed by atoms with van der Waals surface area (Å²) in [6.07, 6.45) is 0. The third-order valence-electron chi connectivity index (χ3n) is 3.60. The predicted octanol–water partition coefficient (Wildman–Crippen LogP) is -0.755. The average molecular weight is 330 g/mol. The number of esters is 3. The van der Waals surface area contributed by atoms with Crippen molar-refractivity contribution >= 4 is 35.3 Å². The van der Waals surface area contributed by atoms with Gasteiger partial charge in [0.1, 0.15) is 0 Å². The molecular weight excluding hydrogens is 312 g/mol. The van der Waals surface area contributed by atoms with Gasteiger partial charge in [-0.2, -0.15) is 0 Å².